The summed E-state index contributed by atoms with van der Waals surface area (Å²) in [6.07, 6.45) is 6.14. The van der Waals surface area contributed by atoms with Gasteiger partial charge in [0, 0.05) is 22.2 Å². The van der Waals surface area contributed by atoms with Crippen molar-refractivity contribution >= 4 is 17.5 Å². The second-order valence-corrected chi connectivity index (χ2v) is 5.20. The van der Waals surface area contributed by atoms with Gasteiger partial charge in [0.2, 0.25) is 0 Å². The van der Waals surface area contributed by atoms with Gasteiger partial charge in [0.15, 0.2) is 5.78 Å². The number of hydrogen-bond acceptors (Lipinski definition) is 4. The topological polar surface area (TPSA) is 39.2 Å². The summed E-state index contributed by atoms with van der Waals surface area (Å²) in [4.78, 5) is 17.6. The first kappa shape index (κ1) is 14.6. The van der Waals surface area contributed by atoms with Gasteiger partial charge in [-0.1, -0.05) is 6.92 Å². The van der Waals surface area contributed by atoms with Crippen LogP contribution < -0.4 is 4.74 Å². The number of hydrogen-bond donors (Lipinski definition) is 0. The fourth-order valence-electron chi connectivity index (χ4n) is 1.75. The van der Waals surface area contributed by atoms with E-state index < -0.39 is 0 Å². The van der Waals surface area contributed by atoms with Crippen LogP contribution in [0.2, 0.25) is 0 Å². The van der Waals surface area contributed by atoms with Gasteiger partial charge in [0.05, 0.1) is 12.8 Å². The van der Waals surface area contributed by atoms with Crippen LogP contribution in [0.5, 0.6) is 5.75 Å². The quantitative estimate of drug-likeness (QED) is 0.598. The molecule has 0 aliphatic heterocycles. The van der Waals surface area contributed by atoms with E-state index >= 15 is 0 Å². The van der Waals surface area contributed by atoms with E-state index in [9.17, 15) is 4.79 Å². The summed E-state index contributed by atoms with van der Waals surface area (Å²) in [7, 11) is 0. The number of thioether (sulfide) groups is 1. The van der Waals surface area contributed by atoms with Crippen molar-refractivity contribution in [3.05, 3.63) is 53.9 Å². The van der Waals surface area contributed by atoms with Gasteiger partial charge in [0.25, 0.3) is 0 Å². The average molecular weight is 287 g/mol. The van der Waals surface area contributed by atoms with E-state index in [-0.39, 0.29) is 5.78 Å². The van der Waals surface area contributed by atoms with Crippen LogP contribution in [0.15, 0.2) is 47.6 Å². The minimum Gasteiger partial charge on any atom is -0.492 e. The summed E-state index contributed by atoms with van der Waals surface area (Å²) in [5.74, 6) is 0.602. The smallest absolute Gasteiger partial charge is 0.194 e. The molecule has 1 heterocycles. The van der Waals surface area contributed by atoms with Crippen LogP contribution in [0.25, 0.3) is 0 Å². The maximum Gasteiger partial charge on any atom is 0.194 e. The molecule has 1 aromatic carbocycles. The van der Waals surface area contributed by atoms with Crippen molar-refractivity contribution < 1.29 is 9.53 Å². The summed E-state index contributed by atoms with van der Waals surface area (Å²) < 4.78 is 5.50. The fourth-order valence-corrected chi connectivity index (χ4v) is 2.16. The number of carbonyl (C=O) groups excluding carboxylic acids is 1. The van der Waals surface area contributed by atoms with E-state index in [1.54, 1.807) is 30.2 Å². The average Bonchev–Trinajstić information content (AvgIpc) is 2.52. The molecule has 0 atom stereocenters. The molecule has 2 aromatic rings. The molecule has 4 heteroatoms. The maximum absolute atomic E-state index is 12.4. The number of carbonyl (C=O) groups is 1. The predicted molar refractivity (Wildman–Crippen MR) is 81.7 cm³/mol. The van der Waals surface area contributed by atoms with E-state index in [1.165, 1.54) is 0 Å². The zero-order chi connectivity index (χ0) is 14.4. The van der Waals surface area contributed by atoms with Crippen molar-refractivity contribution in [2.24, 2.45) is 0 Å². The Bertz CT molecular complexity index is 581. The summed E-state index contributed by atoms with van der Waals surface area (Å²) in [6.45, 7) is 2.66. The third kappa shape index (κ3) is 3.61. The van der Waals surface area contributed by atoms with Crippen LogP contribution in [-0.2, 0) is 0 Å². The van der Waals surface area contributed by atoms with Gasteiger partial charge in [0.1, 0.15) is 5.75 Å². The van der Waals surface area contributed by atoms with Crippen molar-refractivity contribution in [2.75, 3.05) is 12.9 Å². The Labute approximate surface area is 123 Å². The normalized spacial score (nSPS) is 10.3. The van der Waals surface area contributed by atoms with Crippen molar-refractivity contribution in [1.29, 1.82) is 0 Å². The molecule has 0 spiro atoms. The zero-order valence-corrected chi connectivity index (χ0v) is 12.4. The minimum atomic E-state index is -0.0351. The van der Waals surface area contributed by atoms with E-state index in [0.717, 1.165) is 11.3 Å². The van der Waals surface area contributed by atoms with Gasteiger partial charge >= 0.3 is 0 Å². The summed E-state index contributed by atoms with van der Waals surface area (Å²) in [6, 6.07) is 9.32. The maximum atomic E-state index is 12.4. The Morgan fingerprint density at radius 3 is 2.60 bits per heavy atom. The molecule has 2 rings (SSSR count). The molecule has 0 aliphatic rings. The number of benzene rings is 1. The largest absolute Gasteiger partial charge is 0.492 e. The predicted octanol–water partition coefficient (Wildman–Crippen LogP) is 3.82. The molecule has 0 fully saturated rings. The zero-order valence-electron chi connectivity index (χ0n) is 11.6. The molecule has 0 unspecified atom stereocenters. The van der Waals surface area contributed by atoms with Crippen LogP contribution in [0.3, 0.4) is 0 Å². The summed E-state index contributed by atoms with van der Waals surface area (Å²) in [5, 5.41) is 0. The van der Waals surface area contributed by atoms with Crippen LogP contribution in [0, 0.1) is 0 Å². The highest BCUT2D eigenvalue weighted by Gasteiger charge is 2.10. The molecule has 0 N–H and O–H groups in total. The highest BCUT2D eigenvalue weighted by atomic mass is 32.2. The Hall–Kier alpha value is -1.81. The van der Waals surface area contributed by atoms with Crippen molar-refractivity contribution in [1.82, 2.24) is 4.98 Å². The van der Waals surface area contributed by atoms with Crippen LogP contribution in [0.1, 0.15) is 29.3 Å². The number of rotatable bonds is 6. The molecular weight excluding hydrogens is 270 g/mol. The van der Waals surface area contributed by atoms with Crippen LogP contribution in [-0.4, -0.2) is 23.6 Å². The number of aromatic nitrogens is 1. The van der Waals surface area contributed by atoms with Gasteiger partial charge in [-0.2, -0.15) is 0 Å². The number of nitrogens with zero attached hydrogens (tertiary/aromatic N) is 1. The first-order chi connectivity index (χ1) is 9.74. The van der Waals surface area contributed by atoms with E-state index in [0.29, 0.717) is 23.5 Å². The number of ether oxygens (including phenoxy) is 1. The molecule has 0 aliphatic carbocycles. The third-order valence-electron chi connectivity index (χ3n) is 2.80. The minimum absolute atomic E-state index is 0.0351. The molecule has 0 bridgehead atoms. The molecule has 0 radical (unpaired) electrons. The Morgan fingerprint density at radius 1 is 1.20 bits per heavy atom. The second kappa shape index (κ2) is 7.10. The molecule has 104 valence electrons. The molecule has 3 nitrogen and oxygen atoms in total. The molecule has 20 heavy (non-hydrogen) atoms. The SMILES string of the molecule is CCCOc1cncc(C(=O)c2ccc(SC)cc2)c1. The lowest BCUT2D eigenvalue weighted by Gasteiger charge is -2.06. The third-order valence-corrected chi connectivity index (χ3v) is 3.54. The monoisotopic (exact) mass is 287 g/mol. The molecular formula is C16H17NO2S. The number of ketones is 1. The van der Waals surface area contributed by atoms with Crippen molar-refractivity contribution in [3.63, 3.8) is 0 Å². The molecule has 1 aromatic heterocycles. The Morgan fingerprint density at radius 2 is 1.95 bits per heavy atom. The van der Waals surface area contributed by atoms with Gasteiger partial charge in [-0.3, -0.25) is 9.78 Å². The van der Waals surface area contributed by atoms with Gasteiger partial charge in [-0.05, 0) is 43.0 Å². The molecule has 0 saturated heterocycles. The summed E-state index contributed by atoms with van der Waals surface area (Å²) >= 11 is 1.65. The summed E-state index contributed by atoms with van der Waals surface area (Å²) in [5.41, 5.74) is 1.22. The van der Waals surface area contributed by atoms with Gasteiger partial charge in [-0.25, -0.2) is 0 Å². The second-order valence-electron chi connectivity index (χ2n) is 4.32. The van der Waals surface area contributed by atoms with E-state index in [1.807, 2.05) is 37.4 Å². The Kier molecular flexibility index (Phi) is 5.18. The van der Waals surface area contributed by atoms with Gasteiger partial charge < -0.3 is 4.74 Å². The fraction of sp³-hybridized carbons (Fsp3) is 0.250. The highest BCUT2D eigenvalue weighted by molar-refractivity contribution is 7.98. The Balaban J connectivity index is 2.19. The number of pyridine rings is 1. The first-order valence-corrected chi connectivity index (χ1v) is 7.73. The lowest BCUT2D eigenvalue weighted by Crippen LogP contribution is -2.03. The first-order valence-electron chi connectivity index (χ1n) is 6.51. The van der Waals surface area contributed by atoms with Crippen LogP contribution in [0.4, 0.5) is 0 Å². The van der Waals surface area contributed by atoms with E-state index in [4.69, 9.17) is 4.74 Å². The van der Waals surface area contributed by atoms with Crippen molar-refractivity contribution in [2.45, 2.75) is 18.2 Å². The standard InChI is InChI=1S/C16H17NO2S/c1-3-8-19-14-9-13(10-17-11-14)16(18)12-4-6-15(20-2)7-5-12/h4-7,9-11H,3,8H2,1-2H3. The molecule has 0 saturated carbocycles. The molecule has 0 amide bonds. The lowest BCUT2D eigenvalue weighted by atomic mass is 10.1. The van der Waals surface area contributed by atoms with Crippen LogP contribution >= 0.6 is 11.8 Å². The lowest BCUT2D eigenvalue weighted by molar-refractivity contribution is 0.103. The van der Waals surface area contributed by atoms with Gasteiger partial charge in [-0.15, -0.1) is 11.8 Å². The van der Waals surface area contributed by atoms with Crippen molar-refractivity contribution in [3.8, 4) is 5.75 Å². The highest BCUT2D eigenvalue weighted by Crippen LogP contribution is 2.18. The van der Waals surface area contributed by atoms with E-state index in [2.05, 4.69) is 4.98 Å².